The Bertz CT molecular complexity index is 655. The van der Waals surface area contributed by atoms with E-state index in [-0.39, 0.29) is 11.9 Å². The smallest absolute Gasteiger partial charge is 0.251 e. The van der Waals surface area contributed by atoms with Crippen LogP contribution in [0.4, 0.5) is 0 Å². The Morgan fingerprint density at radius 1 is 1.08 bits per heavy atom. The zero-order valence-corrected chi connectivity index (χ0v) is 14.5. The maximum absolute atomic E-state index is 12.3. The number of para-hydroxylation sites is 1. The van der Waals surface area contributed by atoms with E-state index >= 15 is 0 Å². The van der Waals surface area contributed by atoms with Gasteiger partial charge in [0.1, 0.15) is 18.1 Å². The van der Waals surface area contributed by atoms with Crippen LogP contribution in [0.2, 0.25) is 0 Å². The predicted molar refractivity (Wildman–Crippen MR) is 95.6 cm³/mol. The minimum atomic E-state index is -0.0756. The van der Waals surface area contributed by atoms with Crippen LogP contribution in [0.1, 0.15) is 43.1 Å². The molecule has 24 heavy (non-hydrogen) atoms. The molecule has 0 aromatic heterocycles. The number of carbonyl (C=O) groups excluding carboxylic acids is 1. The Labute approximate surface area is 143 Å². The number of hydrogen-bond acceptors (Lipinski definition) is 3. The Hall–Kier alpha value is -2.49. The van der Waals surface area contributed by atoms with E-state index in [2.05, 4.69) is 5.32 Å². The molecular formula is C20H25NO3. The van der Waals surface area contributed by atoms with Gasteiger partial charge in [-0.25, -0.2) is 0 Å². The van der Waals surface area contributed by atoms with Gasteiger partial charge >= 0.3 is 0 Å². The van der Waals surface area contributed by atoms with Crippen molar-refractivity contribution in [2.24, 2.45) is 0 Å². The second-order valence-electron chi connectivity index (χ2n) is 5.64. The van der Waals surface area contributed by atoms with Gasteiger partial charge < -0.3 is 14.8 Å². The second-order valence-corrected chi connectivity index (χ2v) is 5.64. The lowest BCUT2D eigenvalue weighted by Gasteiger charge is -2.15. The summed E-state index contributed by atoms with van der Waals surface area (Å²) >= 11 is 0. The highest BCUT2D eigenvalue weighted by Crippen LogP contribution is 2.23. The fourth-order valence-electron chi connectivity index (χ4n) is 2.22. The van der Waals surface area contributed by atoms with Gasteiger partial charge in [-0.05, 0) is 50.6 Å². The van der Waals surface area contributed by atoms with E-state index in [4.69, 9.17) is 9.47 Å². The second kappa shape index (κ2) is 8.96. The van der Waals surface area contributed by atoms with Gasteiger partial charge in [0.2, 0.25) is 0 Å². The summed E-state index contributed by atoms with van der Waals surface area (Å²) in [6, 6.07) is 15.2. The van der Waals surface area contributed by atoms with E-state index in [1.807, 2.05) is 63.2 Å². The molecule has 0 fully saturated rings. The molecule has 0 aliphatic carbocycles. The zero-order chi connectivity index (χ0) is 17.4. The van der Waals surface area contributed by atoms with Crippen molar-refractivity contribution in [1.29, 1.82) is 0 Å². The first kappa shape index (κ1) is 17.9. The number of carbonyl (C=O) groups is 1. The molecule has 1 N–H and O–H groups in total. The predicted octanol–water partition coefficient (Wildman–Crippen LogP) is 4.19. The van der Waals surface area contributed by atoms with Gasteiger partial charge in [-0.2, -0.15) is 0 Å². The van der Waals surface area contributed by atoms with Crippen LogP contribution in [-0.2, 0) is 6.61 Å². The minimum absolute atomic E-state index is 0.0756. The zero-order valence-electron chi connectivity index (χ0n) is 14.5. The number of rotatable bonds is 8. The van der Waals surface area contributed by atoms with Gasteiger partial charge in [0, 0.05) is 17.2 Å². The first-order valence-corrected chi connectivity index (χ1v) is 8.38. The number of nitrogens with one attached hydrogen (secondary N) is 1. The molecule has 0 aliphatic heterocycles. The minimum Gasteiger partial charge on any atom is -0.493 e. The highest BCUT2D eigenvalue weighted by atomic mass is 16.5. The van der Waals surface area contributed by atoms with E-state index in [0.29, 0.717) is 18.8 Å². The summed E-state index contributed by atoms with van der Waals surface area (Å²) in [6.07, 6.45) is 0.896. The molecule has 1 atom stereocenters. The average molecular weight is 327 g/mol. The van der Waals surface area contributed by atoms with Crippen LogP contribution in [0.5, 0.6) is 11.5 Å². The van der Waals surface area contributed by atoms with E-state index in [0.717, 1.165) is 23.5 Å². The molecule has 0 bridgehead atoms. The standard InChI is InChI=1S/C20H25NO3/c1-4-15(3)21-20(22)16-11-12-19(23-5-2)17(13-16)14-24-18-9-7-6-8-10-18/h6-13,15H,4-5,14H2,1-3H3,(H,21,22). The maximum atomic E-state index is 12.3. The van der Waals surface area contributed by atoms with Gasteiger partial charge in [0.05, 0.1) is 6.61 Å². The Balaban J connectivity index is 2.16. The van der Waals surface area contributed by atoms with Crippen LogP contribution < -0.4 is 14.8 Å². The summed E-state index contributed by atoms with van der Waals surface area (Å²) in [4.78, 5) is 12.3. The third-order valence-electron chi connectivity index (χ3n) is 3.75. The number of amides is 1. The lowest BCUT2D eigenvalue weighted by Crippen LogP contribution is -2.32. The molecule has 2 aromatic rings. The molecule has 0 spiro atoms. The molecule has 2 aromatic carbocycles. The molecule has 128 valence electrons. The monoisotopic (exact) mass is 327 g/mol. The van der Waals surface area contributed by atoms with Crippen LogP contribution in [0.25, 0.3) is 0 Å². The van der Waals surface area contributed by atoms with Gasteiger partial charge in [-0.1, -0.05) is 25.1 Å². The van der Waals surface area contributed by atoms with Crippen LogP contribution in [0.3, 0.4) is 0 Å². The summed E-state index contributed by atoms with van der Waals surface area (Å²) in [7, 11) is 0. The average Bonchev–Trinajstić information content (AvgIpc) is 2.61. The third-order valence-corrected chi connectivity index (χ3v) is 3.75. The van der Waals surface area contributed by atoms with Crippen LogP contribution in [0, 0.1) is 0 Å². The van der Waals surface area contributed by atoms with Crippen molar-refractivity contribution in [3.05, 3.63) is 59.7 Å². The molecule has 0 aliphatic rings. The normalized spacial score (nSPS) is 11.6. The van der Waals surface area contributed by atoms with Crippen molar-refractivity contribution >= 4 is 5.91 Å². The van der Waals surface area contributed by atoms with Gasteiger partial charge in [-0.15, -0.1) is 0 Å². The van der Waals surface area contributed by atoms with E-state index in [9.17, 15) is 4.79 Å². The summed E-state index contributed by atoms with van der Waals surface area (Å²) in [5.41, 5.74) is 1.47. The van der Waals surface area contributed by atoms with Crippen molar-refractivity contribution in [3.63, 3.8) is 0 Å². The fraction of sp³-hybridized carbons (Fsp3) is 0.350. The number of benzene rings is 2. The van der Waals surface area contributed by atoms with E-state index < -0.39 is 0 Å². The molecule has 0 heterocycles. The molecule has 1 amide bonds. The quantitative estimate of drug-likeness (QED) is 0.791. The van der Waals surface area contributed by atoms with Crippen molar-refractivity contribution in [2.45, 2.75) is 39.8 Å². The van der Waals surface area contributed by atoms with Crippen molar-refractivity contribution in [3.8, 4) is 11.5 Å². The number of hydrogen-bond donors (Lipinski definition) is 1. The Kier molecular flexibility index (Phi) is 6.67. The lowest BCUT2D eigenvalue weighted by molar-refractivity contribution is 0.0939. The summed E-state index contributed by atoms with van der Waals surface area (Å²) in [5.74, 6) is 1.45. The molecule has 1 unspecified atom stereocenters. The molecular weight excluding hydrogens is 302 g/mol. The summed E-state index contributed by atoms with van der Waals surface area (Å²) in [6.45, 7) is 6.89. The molecule has 0 saturated carbocycles. The molecule has 0 radical (unpaired) electrons. The number of ether oxygens (including phenoxy) is 2. The third kappa shape index (κ3) is 5.01. The van der Waals surface area contributed by atoms with Crippen molar-refractivity contribution in [1.82, 2.24) is 5.32 Å². The van der Waals surface area contributed by atoms with Gasteiger partial charge in [-0.3, -0.25) is 4.79 Å². The lowest BCUT2D eigenvalue weighted by atomic mass is 10.1. The van der Waals surface area contributed by atoms with Gasteiger partial charge in [0.25, 0.3) is 5.91 Å². The van der Waals surface area contributed by atoms with E-state index in [1.54, 1.807) is 6.07 Å². The fourth-order valence-corrected chi connectivity index (χ4v) is 2.22. The molecule has 0 saturated heterocycles. The van der Waals surface area contributed by atoms with E-state index in [1.165, 1.54) is 0 Å². The van der Waals surface area contributed by atoms with Crippen LogP contribution in [-0.4, -0.2) is 18.6 Å². The van der Waals surface area contributed by atoms with Crippen LogP contribution in [0.15, 0.2) is 48.5 Å². The largest absolute Gasteiger partial charge is 0.493 e. The van der Waals surface area contributed by atoms with Gasteiger partial charge in [0.15, 0.2) is 0 Å². The maximum Gasteiger partial charge on any atom is 0.251 e. The van der Waals surface area contributed by atoms with Crippen LogP contribution >= 0.6 is 0 Å². The van der Waals surface area contributed by atoms with Crippen molar-refractivity contribution < 1.29 is 14.3 Å². The Morgan fingerprint density at radius 3 is 2.50 bits per heavy atom. The molecule has 2 rings (SSSR count). The molecule has 4 nitrogen and oxygen atoms in total. The Morgan fingerprint density at radius 2 is 1.83 bits per heavy atom. The summed E-state index contributed by atoms with van der Waals surface area (Å²) < 4.78 is 11.5. The highest BCUT2D eigenvalue weighted by molar-refractivity contribution is 5.94. The first-order chi connectivity index (χ1) is 11.6. The first-order valence-electron chi connectivity index (χ1n) is 8.38. The molecule has 4 heteroatoms. The summed E-state index contributed by atoms with van der Waals surface area (Å²) in [5, 5.41) is 2.98. The SMILES string of the molecule is CCOc1ccc(C(=O)NC(C)CC)cc1COc1ccccc1. The topological polar surface area (TPSA) is 47.6 Å². The highest BCUT2D eigenvalue weighted by Gasteiger charge is 2.12. The van der Waals surface area contributed by atoms with Crippen molar-refractivity contribution in [2.75, 3.05) is 6.61 Å².